The molecule has 7 heteroatoms. The topological polar surface area (TPSA) is 84.5 Å². The van der Waals surface area contributed by atoms with Gasteiger partial charge in [-0.3, -0.25) is 4.79 Å². The van der Waals surface area contributed by atoms with E-state index >= 15 is 0 Å². The molecule has 134 valence electrons. The Kier molecular flexibility index (Phi) is 6.30. The number of hydrogen-bond donors (Lipinski definition) is 2. The summed E-state index contributed by atoms with van der Waals surface area (Å²) in [6.45, 7) is 4.39. The first kappa shape index (κ1) is 19.1. The highest BCUT2D eigenvalue weighted by atomic mass is 32.2. The van der Waals surface area contributed by atoms with Crippen molar-refractivity contribution in [1.29, 1.82) is 0 Å². The molecule has 0 unspecified atom stereocenters. The molecular formula is C18H22N2O4S. The van der Waals surface area contributed by atoms with E-state index in [-0.39, 0.29) is 24.0 Å². The number of amides is 1. The molecule has 0 fully saturated rings. The van der Waals surface area contributed by atoms with E-state index in [4.69, 9.17) is 4.74 Å². The first-order valence-corrected chi connectivity index (χ1v) is 9.29. The van der Waals surface area contributed by atoms with Crippen LogP contribution in [0.15, 0.2) is 47.4 Å². The Morgan fingerprint density at radius 3 is 2.40 bits per heavy atom. The summed E-state index contributed by atoms with van der Waals surface area (Å²) in [6.07, 6.45) is 0. The summed E-state index contributed by atoms with van der Waals surface area (Å²) in [7, 11) is -2.11. The van der Waals surface area contributed by atoms with Crippen LogP contribution < -0.4 is 10.0 Å². The van der Waals surface area contributed by atoms with E-state index in [2.05, 4.69) is 10.0 Å². The van der Waals surface area contributed by atoms with Gasteiger partial charge in [0.1, 0.15) is 0 Å². The summed E-state index contributed by atoms with van der Waals surface area (Å²) in [5.41, 5.74) is 3.21. The Bertz CT molecular complexity index is 846. The van der Waals surface area contributed by atoms with Crippen LogP contribution in [0.1, 0.15) is 21.5 Å². The van der Waals surface area contributed by atoms with Crippen LogP contribution in [0.4, 0.5) is 5.69 Å². The van der Waals surface area contributed by atoms with Gasteiger partial charge in [0, 0.05) is 24.9 Å². The molecule has 0 saturated carbocycles. The van der Waals surface area contributed by atoms with E-state index in [1.807, 2.05) is 32.0 Å². The molecule has 1 amide bonds. The second-order valence-electron chi connectivity index (χ2n) is 5.62. The molecule has 0 spiro atoms. The second-order valence-corrected chi connectivity index (χ2v) is 7.38. The maximum Gasteiger partial charge on any atom is 0.255 e. The predicted molar refractivity (Wildman–Crippen MR) is 97.4 cm³/mol. The number of hydrogen-bond acceptors (Lipinski definition) is 4. The van der Waals surface area contributed by atoms with Crippen molar-refractivity contribution in [3.63, 3.8) is 0 Å². The average molecular weight is 362 g/mol. The molecule has 0 radical (unpaired) electrons. The van der Waals surface area contributed by atoms with Crippen LogP contribution in [0.3, 0.4) is 0 Å². The number of anilines is 1. The number of carbonyl (C=O) groups is 1. The molecule has 0 heterocycles. The second kappa shape index (κ2) is 8.24. The van der Waals surface area contributed by atoms with Gasteiger partial charge in [0.05, 0.1) is 11.5 Å². The summed E-state index contributed by atoms with van der Waals surface area (Å²) < 4.78 is 31.4. The van der Waals surface area contributed by atoms with Crippen molar-refractivity contribution < 1.29 is 17.9 Å². The third kappa shape index (κ3) is 4.88. The number of carbonyl (C=O) groups excluding carboxylic acids is 1. The summed E-state index contributed by atoms with van der Waals surface area (Å²) >= 11 is 0. The molecule has 6 nitrogen and oxygen atoms in total. The summed E-state index contributed by atoms with van der Waals surface area (Å²) in [5.74, 6) is -0.287. The van der Waals surface area contributed by atoms with Crippen molar-refractivity contribution in [2.24, 2.45) is 0 Å². The minimum Gasteiger partial charge on any atom is -0.383 e. The SMILES string of the molecule is COCCNS(=O)(=O)c1ccc(C(=O)Nc2cccc(C)c2C)cc1. The molecule has 0 atom stereocenters. The minimum atomic E-state index is -3.61. The largest absolute Gasteiger partial charge is 0.383 e. The lowest BCUT2D eigenvalue weighted by Crippen LogP contribution is -2.27. The van der Waals surface area contributed by atoms with Gasteiger partial charge in [0.15, 0.2) is 0 Å². The third-order valence-corrected chi connectivity index (χ3v) is 5.35. The quantitative estimate of drug-likeness (QED) is 0.741. The highest BCUT2D eigenvalue weighted by molar-refractivity contribution is 7.89. The summed E-state index contributed by atoms with van der Waals surface area (Å²) in [6, 6.07) is 11.5. The predicted octanol–water partition coefficient (Wildman–Crippen LogP) is 2.48. The Morgan fingerprint density at radius 2 is 1.76 bits per heavy atom. The van der Waals surface area contributed by atoms with E-state index in [0.29, 0.717) is 5.56 Å². The standard InChI is InChI=1S/C18H22N2O4S/c1-13-5-4-6-17(14(13)2)20-18(21)15-7-9-16(10-8-15)25(22,23)19-11-12-24-3/h4-10,19H,11-12H2,1-3H3,(H,20,21). The number of benzene rings is 2. The zero-order valence-corrected chi connectivity index (χ0v) is 15.3. The molecule has 2 aromatic rings. The monoisotopic (exact) mass is 362 g/mol. The Hall–Kier alpha value is -2.22. The van der Waals surface area contributed by atoms with Gasteiger partial charge in [0.2, 0.25) is 10.0 Å². The van der Waals surface area contributed by atoms with Crippen LogP contribution >= 0.6 is 0 Å². The average Bonchev–Trinajstić information content (AvgIpc) is 2.59. The number of sulfonamides is 1. The highest BCUT2D eigenvalue weighted by Gasteiger charge is 2.15. The molecule has 2 N–H and O–H groups in total. The van der Waals surface area contributed by atoms with Crippen LogP contribution in [-0.4, -0.2) is 34.6 Å². The first-order valence-electron chi connectivity index (χ1n) is 7.81. The summed E-state index contributed by atoms with van der Waals surface area (Å²) in [5, 5.41) is 2.85. The molecule has 2 rings (SSSR count). The molecule has 0 bridgehead atoms. The van der Waals surface area contributed by atoms with Gasteiger partial charge in [-0.2, -0.15) is 0 Å². The first-order chi connectivity index (χ1) is 11.8. The molecule has 0 aliphatic rings. The summed E-state index contributed by atoms with van der Waals surface area (Å²) in [4.78, 5) is 12.5. The van der Waals surface area contributed by atoms with Gasteiger partial charge in [-0.15, -0.1) is 0 Å². The lowest BCUT2D eigenvalue weighted by molar-refractivity contribution is 0.102. The maximum absolute atomic E-state index is 12.4. The zero-order chi connectivity index (χ0) is 18.4. The Morgan fingerprint density at radius 1 is 1.08 bits per heavy atom. The number of ether oxygens (including phenoxy) is 1. The molecule has 2 aromatic carbocycles. The lowest BCUT2D eigenvalue weighted by Gasteiger charge is -2.11. The van der Waals surface area contributed by atoms with Crippen molar-refractivity contribution in [2.75, 3.05) is 25.6 Å². The maximum atomic E-state index is 12.4. The van der Waals surface area contributed by atoms with E-state index < -0.39 is 10.0 Å². The molecule has 0 aliphatic carbocycles. The van der Waals surface area contributed by atoms with Crippen molar-refractivity contribution in [3.05, 3.63) is 59.2 Å². The van der Waals surface area contributed by atoms with Crippen LogP contribution in [0.25, 0.3) is 0 Å². The van der Waals surface area contributed by atoms with Crippen LogP contribution in [0.2, 0.25) is 0 Å². The minimum absolute atomic E-state index is 0.104. The molecule has 0 saturated heterocycles. The number of nitrogens with one attached hydrogen (secondary N) is 2. The molecule has 25 heavy (non-hydrogen) atoms. The van der Waals surface area contributed by atoms with E-state index in [9.17, 15) is 13.2 Å². The fraction of sp³-hybridized carbons (Fsp3) is 0.278. The molecular weight excluding hydrogens is 340 g/mol. The zero-order valence-electron chi connectivity index (χ0n) is 14.5. The van der Waals surface area contributed by atoms with Crippen LogP contribution in [0.5, 0.6) is 0 Å². The lowest BCUT2D eigenvalue weighted by atomic mass is 10.1. The van der Waals surface area contributed by atoms with E-state index in [1.165, 1.54) is 31.4 Å². The highest BCUT2D eigenvalue weighted by Crippen LogP contribution is 2.19. The van der Waals surface area contributed by atoms with Gasteiger partial charge >= 0.3 is 0 Å². The smallest absolute Gasteiger partial charge is 0.255 e. The Labute approximate surface area is 148 Å². The number of aryl methyl sites for hydroxylation is 1. The van der Waals surface area contributed by atoms with Crippen molar-refractivity contribution >= 4 is 21.6 Å². The van der Waals surface area contributed by atoms with Gasteiger partial charge in [0.25, 0.3) is 5.91 Å². The normalized spacial score (nSPS) is 11.3. The van der Waals surface area contributed by atoms with E-state index in [0.717, 1.165) is 16.8 Å². The number of rotatable bonds is 7. The fourth-order valence-electron chi connectivity index (χ4n) is 2.23. The van der Waals surface area contributed by atoms with Crippen molar-refractivity contribution in [2.45, 2.75) is 18.7 Å². The Balaban J connectivity index is 2.11. The van der Waals surface area contributed by atoms with Crippen molar-refractivity contribution in [1.82, 2.24) is 4.72 Å². The van der Waals surface area contributed by atoms with Gasteiger partial charge in [-0.05, 0) is 55.3 Å². The van der Waals surface area contributed by atoms with Gasteiger partial charge < -0.3 is 10.1 Å². The third-order valence-electron chi connectivity index (χ3n) is 3.88. The molecule has 0 aromatic heterocycles. The number of methoxy groups -OCH3 is 1. The van der Waals surface area contributed by atoms with E-state index in [1.54, 1.807) is 0 Å². The van der Waals surface area contributed by atoms with Gasteiger partial charge in [-0.1, -0.05) is 12.1 Å². The van der Waals surface area contributed by atoms with Crippen LogP contribution in [-0.2, 0) is 14.8 Å². The van der Waals surface area contributed by atoms with Crippen LogP contribution in [0, 0.1) is 13.8 Å². The molecule has 0 aliphatic heterocycles. The van der Waals surface area contributed by atoms with Gasteiger partial charge in [-0.25, -0.2) is 13.1 Å². The van der Waals surface area contributed by atoms with Crippen molar-refractivity contribution in [3.8, 4) is 0 Å². The fourth-order valence-corrected chi connectivity index (χ4v) is 3.24.